The van der Waals surface area contributed by atoms with Crippen molar-refractivity contribution in [3.8, 4) is 0 Å². The van der Waals surface area contributed by atoms with Crippen LogP contribution in [0.5, 0.6) is 0 Å². The van der Waals surface area contributed by atoms with Gasteiger partial charge in [0.25, 0.3) is 0 Å². The standard InChI is InChI=1S/C23H35ClN4O3S/c1-23(24)12-22(31-10-8-16(15-29)27-21(30)14-25-2)28(3)20(23)13-26-18-9-11-32-19-7-5-4-6-17(18)19/h4-7,15-16,18,20,22,25-26H,8-14H2,1-3H3,(H,27,30). The summed E-state index contributed by atoms with van der Waals surface area (Å²) in [6, 6.07) is 8.51. The van der Waals surface area contributed by atoms with E-state index in [4.69, 9.17) is 16.3 Å². The molecule has 2 aliphatic rings. The number of carbonyl (C=O) groups excluding carboxylic acids is 2. The van der Waals surface area contributed by atoms with Gasteiger partial charge >= 0.3 is 0 Å². The Morgan fingerprint density at radius 1 is 1.44 bits per heavy atom. The number of alkyl halides is 1. The van der Waals surface area contributed by atoms with Crippen LogP contribution < -0.4 is 16.0 Å². The van der Waals surface area contributed by atoms with Crippen LogP contribution in [0.1, 0.15) is 37.8 Å². The van der Waals surface area contributed by atoms with E-state index in [9.17, 15) is 9.59 Å². The van der Waals surface area contributed by atoms with Gasteiger partial charge in [0.2, 0.25) is 5.91 Å². The summed E-state index contributed by atoms with van der Waals surface area (Å²) >= 11 is 8.85. The number of nitrogens with one attached hydrogen (secondary N) is 3. The molecule has 0 aliphatic carbocycles. The fraction of sp³-hybridized carbons (Fsp3) is 0.652. The van der Waals surface area contributed by atoms with Crippen molar-refractivity contribution < 1.29 is 14.3 Å². The number of aldehydes is 1. The maximum atomic E-state index is 11.7. The van der Waals surface area contributed by atoms with Crippen molar-refractivity contribution in [2.75, 3.05) is 39.5 Å². The summed E-state index contributed by atoms with van der Waals surface area (Å²) in [5, 5.41) is 9.21. The van der Waals surface area contributed by atoms with Crippen LogP contribution in [0.4, 0.5) is 0 Å². The molecule has 5 unspecified atom stereocenters. The van der Waals surface area contributed by atoms with Crippen molar-refractivity contribution >= 4 is 35.6 Å². The molecular weight excluding hydrogens is 448 g/mol. The molecule has 9 heteroatoms. The fourth-order valence-corrected chi connectivity index (χ4v) is 6.00. The van der Waals surface area contributed by atoms with Gasteiger partial charge in [-0.05, 0) is 51.2 Å². The second kappa shape index (κ2) is 11.8. The number of likely N-dealkylation sites (tertiary alicyclic amines) is 1. The monoisotopic (exact) mass is 482 g/mol. The highest BCUT2D eigenvalue weighted by Gasteiger charge is 2.47. The molecule has 0 spiro atoms. The topological polar surface area (TPSA) is 82.7 Å². The van der Waals surface area contributed by atoms with E-state index in [1.54, 1.807) is 7.05 Å². The number of fused-ring (bicyclic) bond motifs is 1. The minimum Gasteiger partial charge on any atom is -0.363 e. The van der Waals surface area contributed by atoms with E-state index in [2.05, 4.69) is 52.0 Å². The minimum absolute atomic E-state index is 0.119. The van der Waals surface area contributed by atoms with Crippen molar-refractivity contribution in [1.29, 1.82) is 0 Å². The summed E-state index contributed by atoms with van der Waals surface area (Å²) in [6.07, 6.45) is 2.87. The van der Waals surface area contributed by atoms with Gasteiger partial charge in [0.05, 0.1) is 24.1 Å². The van der Waals surface area contributed by atoms with Crippen LogP contribution >= 0.6 is 23.4 Å². The zero-order chi connectivity index (χ0) is 23.1. The van der Waals surface area contributed by atoms with E-state index in [1.807, 2.05) is 18.8 Å². The van der Waals surface area contributed by atoms with Crippen LogP contribution in [0.3, 0.4) is 0 Å². The third-order valence-corrected chi connectivity index (χ3v) is 7.85. The summed E-state index contributed by atoms with van der Waals surface area (Å²) in [5.41, 5.74) is 1.37. The van der Waals surface area contributed by atoms with E-state index in [1.165, 1.54) is 10.5 Å². The molecule has 0 radical (unpaired) electrons. The number of benzene rings is 1. The van der Waals surface area contributed by atoms with Gasteiger partial charge in [-0.15, -0.1) is 23.4 Å². The number of rotatable bonds is 11. The first-order valence-electron chi connectivity index (χ1n) is 11.2. The Bertz CT molecular complexity index is 781. The molecule has 1 fully saturated rings. The number of ether oxygens (including phenoxy) is 1. The van der Waals surface area contributed by atoms with Crippen molar-refractivity contribution in [3.05, 3.63) is 29.8 Å². The Hall–Kier alpha value is -1.16. The fourth-order valence-electron chi connectivity index (χ4n) is 4.51. The minimum atomic E-state index is -0.549. The molecule has 1 aromatic rings. The second-order valence-corrected chi connectivity index (χ2v) is 10.8. The van der Waals surface area contributed by atoms with Crippen LogP contribution in [-0.2, 0) is 14.3 Å². The summed E-state index contributed by atoms with van der Waals surface area (Å²) in [4.78, 5) is 26.1. The molecule has 5 atom stereocenters. The van der Waals surface area contributed by atoms with Crippen LogP contribution in [0.25, 0.3) is 0 Å². The maximum absolute atomic E-state index is 11.7. The molecule has 3 rings (SSSR count). The number of likely N-dealkylation sites (N-methyl/N-ethyl adjacent to an activating group) is 2. The van der Waals surface area contributed by atoms with Crippen molar-refractivity contribution in [3.63, 3.8) is 0 Å². The highest BCUT2D eigenvalue weighted by molar-refractivity contribution is 7.99. The summed E-state index contributed by atoms with van der Waals surface area (Å²) < 4.78 is 6.09. The quantitative estimate of drug-likeness (QED) is 0.329. The summed E-state index contributed by atoms with van der Waals surface area (Å²) in [5.74, 6) is 0.909. The van der Waals surface area contributed by atoms with Gasteiger partial charge in [0.15, 0.2) is 0 Å². The average molecular weight is 483 g/mol. The molecule has 178 valence electrons. The van der Waals surface area contributed by atoms with Crippen LogP contribution in [0.2, 0.25) is 0 Å². The molecule has 2 heterocycles. The lowest BCUT2D eigenvalue weighted by molar-refractivity contribution is -0.123. The number of hydrogen-bond donors (Lipinski definition) is 3. The third-order valence-electron chi connectivity index (χ3n) is 6.32. The maximum Gasteiger partial charge on any atom is 0.234 e. The Morgan fingerprint density at radius 2 is 2.22 bits per heavy atom. The van der Waals surface area contributed by atoms with Gasteiger partial charge in [-0.1, -0.05) is 18.2 Å². The molecule has 1 aromatic carbocycles. The van der Waals surface area contributed by atoms with Crippen LogP contribution in [-0.4, -0.2) is 79.8 Å². The Labute approximate surface area is 200 Å². The number of halogens is 1. The number of hydrogen-bond acceptors (Lipinski definition) is 7. The zero-order valence-electron chi connectivity index (χ0n) is 19.1. The first kappa shape index (κ1) is 25.5. The molecule has 0 saturated carbocycles. The molecular formula is C23H35ClN4O3S. The third kappa shape index (κ3) is 6.46. The number of nitrogens with zero attached hydrogens (tertiary/aromatic N) is 1. The molecule has 1 amide bonds. The van der Waals surface area contributed by atoms with Gasteiger partial charge in [-0.2, -0.15) is 0 Å². The van der Waals surface area contributed by atoms with E-state index >= 15 is 0 Å². The first-order chi connectivity index (χ1) is 15.4. The molecule has 7 nitrogen and oxygen atoms in total. The van der Waals surface area contributed by atoms with E-state index in [0.717, 1.165) is 25.0 Å². The van der Waals surface area contributed by atoms with Crippen molar-refractivity contribution in [1.82, 2.24) is 20.9 Å². The molecule has 0 bridgehead atoms. The molecule has 1 saturated heterocycles. The van der Waals surface area contributed by atoms with Crippen molar-refractivity contribution in [2.45, 2.75) is 60.3 Å². The molecule has 3 N–H and O–H groups in total. The van der Waals surface area contributed by atoms with Gasteiger partial charge in [0.1, 0.15) is 12.5 Å². The van der Waals surface area contributed by atoms with Crippen LogP contribution in [0, 0.1) is 0 Å². The number of amides is 1. The van der Waals surface area contributed by atoms with E-state index in [-0.39, 0.29) is 24.7 Å². The summed E-state index contributed by atoms with van der Waals surface area (Å²) in [7, 11) is 3.73. The Morgan fingerprint density at radius 3 is 2.97 bits per heavy atom. The zero-order valence-corrected chi connectivity index (χ0v) is 20.7. The number of thioether (sulfide) groups is 1. The Kier molecular flexibility index (Phi) is 9.40. The largest absolute Gasteiger partial charge is 0.363 e. The lowest BCUT2D eigenvalue weighted by Gasteiger charge is -2.33. The second-order valence-electron chi connectivity index (χ2n) is 8.75. The highest BCUT2D eigenvalue weighted by atomic mass is 35.5. The summed E-state index contributed by atoms with van der Waals surface area (Å²) in [6.45, 7) is 3.40. The van der Waals surface area contributed by atoms with Crippen molar-refractivity contribution in [2.24, 2.45) is 0 Å². The predicted octanol–water partition coefficient (Wildman–Crippen LogP) is 2.15. The molecule has 0 aromatic heterocycles. The average Bonchev–Trinajstić information content (AvgIpc) is 2.99. The normalized spacial score (nSPS) is 28.8. The number of carbonyl (C=O) groups is 2. The lowest BCUT2D eigenvalue weighted by atomic mass is 9.99. The van der Waals surface area contributed by atoms with E-state index in [0.29, 0.717) is 25.5 Å². The first-order valence-corrected chi connectivity index (χ1v) is 12.6. The molecule has 32 heavy (non-hydrogen) atoms. The predicted molar refractivity (Wildman–Crippen MR) is 129 cm³/mol. The van der Waals surface area contributed by atoms with Gasteiger partial charge in [-0.25, -0.2) is 0 Å². The van der Waals surface area contributed by atoms with Gasteiger partial charge in [0, 0.05) is 29.9 Å². The smallest absolute Gasteiger partial charge is 0.234 e. The van der Waals surface area contributed by atoms with Gasteiger partial charge < -0.3 is 25.5 Å². The lowest BCUT2D eigenvalue weighted by Crippen LogP contribution is -2.47. The SMILES string of the molecule is CNCC(=O)NC(C=O)CCOC1CC(C)(Cl)C(CNC2CCSc3ccccc32)N1C. The highest BCUT2D eigenvalue weighted by Crippen LogP contribution is 2.39. The Balaban J connectivity index is 1.50. The van der Waals surface area contributed by atoms with Gasteiger partial charge in [-0.3, -0.25) is 9.69 Å². The molecule has 2 aliphatic heterocycles. The van der Waals surface area contributed by atoms with Crippen LogP contribution in [0.15, 0.2) is 29.2 Å². The van der Waals surface area contributed by atoms with E-state index < -0.39 is 10.9 Å².